The topological polar surface area (TPSA) is 27.7 Å². The quantitative estimate of drug-likeness (QED) is 0.751. The van der Waals surface area contributed by atoms with E-state index >= 15 is 0 Å². The second-order valence-electron chi connectivity index (χ2n) is 5.91. The Hall–Kier alpha value is -0.160. The zero-order chi connectivity index (χ0) is 13.5. The molecule has 0 saturated carbocycles. The first-order valence-electron chi connectivity index (χ1n) is 8.12. The minimum absolute atomic E-state index is 0.450. The van der Waals surface area contributed by atoms with Gasteiger partial charge in [0.15, 0.2) is 0 Å². The van der Waals surface area contributed by atoms with Crippen LogP contribution in [0.2, 0.25) is 0 Å². The molecule has 112 valence electrons. The van der Waals surface area contributed by atoms with Gasteiger partial charge >= 0.3 is 0 Å². The number of nitrogens with zero attached hydrogens (tertiary/aromatic N) is 2. The SMILES string of the molecule is CCCN1CCN(CC2CCC(CNCC)O2)CC1. The van der Waals surface area contributed by atoms with Gasteiger partial charge in [-0.25, -0.2) is 0 Å². The van der Waals surface area contributed by atoms with Crippen molar-refractivity contribution < 1.29 is 4.74 Å². The molecule has 0 aromatic rings. The molecule has 2 atom stereocenters. The zero-order valence-corrected chi connectivity index (χ0v) is 12.7. The maximum atomic E-state index is 6.12. The van der Waals surface area contributed by atoms with Crippen molar-refractivity contribution in [3.05, 3.63) is 0 Å². The third-order valence-corrected chi connectivity index (χ3v) is 4.28. The van der Waals surface area contributed by atoms with E-state index in [1.54, 1.807) is 0 Å². The van der Waals surface area contributed by atoms with Crippen LogP contribution in [0.25, 0.3) is 0 Å². The van der Waals surface area contributed by atoms with Crippen molar-refractivity contribution in [1.29, 1.82) is 0 Å². The number of likely N-dealkylation sites (N-methyl/N-ethyl adjacent to an activating group) is 1. The second-order valence-corrected chi connectivity index (χ2v) is 5.91. The molecule has 2 unspecified atom stereocenters. The Bertz CT molecular complexity index is 242. The lowest BCUT2D eigenvalue weighted by Crippen LogP contribution is -2.48. The molecular formula is C15H31N3O. The number of hydrogen-bond acceptors (Lipinski definition) is 4. The molecule has 2 saturated heterocycles. The van der Waals surface area contributed by atoms with Crippen molar-refractivity contribution in [2.24, 2.45) is 0 Å². The first kappa shape index (κ1) is 15.2. The van der Waals surface area contributed by atoms with Gasteiger partial charge in [0.2, 0.25) is 0 Å². The smallest absolute Gasteiger partial charge is 0.0707 e. The number of ether oxygens (including phenoxy) is 1. The fourth-order valence-corrected chi connectivity index (χ4v) is 3.17. The largest absolute Gasteiger partial charge is 0.372 e. The Kier molecular flexibility index (Phi) is 6.57. The van der Waals surface area contributed by atoms with Crippen molar-refractivity contribution in [3.63, 3.8) is 0 Å². The summed E-state index contributed by atoms with van der Waals surface area (Å²) in [6.45, 7) is 13.8. The van der Waals surface area contributed by atoms with Crippen molar-refractivity contribution in [2.75, 3.05) is 52.4 Å². The number of nitrogens with one attached hydrogen (secondary N) is 1. The summed E-state index contributed by atoms with van der Waals surface area (Å²) < 4.78 is 6.12. The normalized spacial score (nSPS) is 30.0. The van der Waals surface area contributed by atoms with Crippen molar-refractivity contribution >= 4 is 0 Å². The fourth-order valence-electron chi connectivity index (χ4n) is 3.17. The summed E-state index contributed by atoms with van der Waals surface area (Å²) in [5.74, 6) is 0. The van der Waals surface area contributed by atoms with Crippen LogP contribution in [0, 0.1) is 0 Å². The van der Waals surface area contributed by atoms with Crippen molar-refractivity contribution in [3.8, 4) is 0 Å². The minimum Gasteiger partial charge on any atom is -0.372 e. The van der Waals surface area contributed by atoms with E-state index in [9.17, 15) is 0 Å². The molecule has 2 fully saturated rings. The highest BCUT2D eigenvalue weighted by molar-refractivity contribution is 4.80. The molecule has 2 heterocycles. The molecule has 0 amide bonds. The summed E-state index contributed by atoms with van der Waals surface area (Å²) in [6.07, 6.45) is 4.67. The molecule has 4 heteroatoms. The molecule has 0 aromatic heterocycles. The van der Waals surface area contributed by atoms with Gasteiger partial charge in [-0.1, -0.05) is 13.8 Å². The molecule has 0 spiro atoms. The summed E-state index contributed by atoms with van der Waals surface area (Å²) >= 11 is 0. The zero-order valence-electron chi connectivity index (χ0n) is 12.7. The highest BCUT2D eigenvalue weighted by Gasteiger charge is 2.27. The third-order valence-electron chi connectivity index (χ3n) is 4.28. The van der Waals surface area contributed by atoms with Gasteiger partial charge in [0.1, 0.15) is 0 Å². The van der Waals surface area contributed by atoms with E-state index in [4.69, 9.17) is 4.74 Å². The van der Waals surface area contributed by atoms with Gasteiger partial charge in [-0.3, -0.25) is 4.90 Å². The lowest BCUT2D eigenvalue weighted by atomic mass is 10.1. The van der Waals surface area contributed by atoms with Crippen LogP contribution in [-0.2, 0) is 4.74 Å². The Morgan fingerprint density at radius 1 is 1.00 bits per heavy atom. The Morgan fingerprint density at radius 3 is 2.37 bits per heavy atom. The van der Waals surface area contributed by atoms with Crippen LogP contribution in [-0.4, -0.2) is 74.4 Å². The van der Waals surface area contributed by atoms with Gasteiger partial charge in [-0.2, -0.15) is 0 Å². The summed E-state index contributed by atoms with van der Waals surface area (Å²) in [7, 11) is 0. The highest BCUT2D eigenvalue weighted by atomic mass is 16.5. The summed E-state index contributed by atoms with van der Waals surface area (Å²) in [4.78, 5) is 5.17. The fraction of sp³-hybridized carbons (Fsp3) is 1.00. The van der Waals surface area contributed by atoms with Gasteiger partial charge in [0.25, 0.3) is 0 Å². The van der Waals surface area contributed by atoms with E-state index < -0.39 is 0 Å². The summed E-state index contributed by atoms with van der Waals surface area (Å²) in [5.41, 5.74) is 0. The van der Waals surface area contributed by atoms with Gasteiger partial charge < -0.3 is 15.0 Å². The number of hydrogen-bond donors (Lipinski definition) is 1. The van der Waals surface area contributed by atoms with Crippen LogP contribution < -0.4 is 5.32 Å². The minimum atomic E-state index is 0.450. The maximum Gasteiger partial charge on any atom is 0.0707 e. The lowest BCUT2D eigenvalue weighted by Gasteiger charge is -2.35. The van der Waals surface area contributed by atoms with Gasteiger partial charge in [-0.05, 0) is 32.4 Å². The Morgan fingerprint density at radius 2 is 1.68 bits per heavy atom. The van der Waals surface area contributed by atoms with Crippen molar-refractivity contribution in [2.45, 2.75) is 45.3 Å². The molecule has 2 rings (SSSR count). The molecule has 2 aliphatic rings. The molecule has 1 N–H and O–H groups in total. The standard InChI is InChI=1S/C15H31N3O/c1-3-7-17-8-10-18(11-9-17)13-15-6-5-14(19-15)12-16-4-2/h14-16H,3-13H2,1-2H3. The molecule has 0 aliphatic carbocycles. The lowest BCUT2D eigenvalue weighted by molar-refractivity contribution is 0.0129. The van der Waals surface area contributed by atoms with E-state index in [0.717, 1.165) is 19.6 Å². The predicted octanol–water partition coefficient (Wildman–Crippen LogP) is 1.17. The van der Waals surface area contributed by atoms with Crippen LogP contribution in [0.5, 0.6) is 0 Å². The van der Waals surface area contributed by atoms with Crippen LogP contribution in [0.4, 0.5) is 0 Å². The van der Waals surface area contributed by atoms with Gasteiger partial charge in [0.05, 0.1) is 12.2 Å². The number of rotatable bonds is 7. The van der Waals surface area contributed by atoms with Gasteiger partial charge in [-0.15, -0.1) is 0 Å². The van der Waals surface area contributed by atoms with E-state index in [1.165, 1.54) is 52.0 Å². The molecule has 19 heavy (non-hydrogen) atoms. The number of piperazine rings is 1. The molecule has 0 aromatic carbocycles. The van der Waals surface area contributed by atoms with E-state index in [1.807, 2.05) is 0 Å². The Balaban J connectivity index is 1.61. The molecule has 0 bridgehead atoms. The summed E-state index contributed by atoms with van der Waals surface area (Å²) in [6, 6.07) is 0. The van der Waals surface area contributed by atoms with Crippen LogP contribution >= 0.6 is 0 Å². The first-order chi connectivity index (χ1) is 9.31. The third kappa shape index (κ3) is 5.03. The van der Waals surface area contributed by atoms with E-state index in [0.29, 0.717) is 12.2 Å². The monoisotopic (exact) mass is 269 g/mol. The molecule has 4 nitrogen and oxygen atoms in total. The van der Waals surface area contributed by atoms with E-state index in [2.05, 4.69) is 29.0 Å². The van der Waals surface area contributed by atoms with Crippen molar-refractivity contribution in [1.82, 2.24) is 15.1 Å². The predicted molar refractivity (Wildman–Crippen MR) is 79.6 cm³/mol. The molecular weight excluding hydrogens is 238 g/mol. The first-order valence-corrected chi connectivity index (χ1v) is 8.12. The maximum absolute atomic E-state index is 6.12. The molecule has 2 aliphatic heterocycles. The van der Waals surface area contributed by atoms with E-state index in [-0.39, 0.29) is 0 Å². The van der Waals surface area contributed by atoms with Gasteiger partial charge in [0, 0.05) is 39.3 Å². The highest BCUT2D eigenvalue weighted by Crippen LogP contribution is 2.20. The average Bonchev–Trinajstić information content (AvgIpc) is 2.87. The van der Waals surface area contributed by atoms with Crippen LogP contribution in [0.3, 0.4) is 0 Å². The Labute approximate surface area is 118 Å². The van der Waals surface area contributed by atoms with Crippen LogP contribution in [0.15, 0.2) is 0 Å². The second kappa shape index (κ2) is 8.20. The molecule has 0 radical (unpaired) electrons. The average molecular weight is 269 g/mol. The van der Waals surface area contributed by atoms with Crippen LogP contribution in [0.1, 0.15) is 33.1 Å². The summed E-state index contributed by atoms with van der Waals surface area (Å²) in [5, 5.41) is 3.39.